The van der Waals surface area contributed by atoms with Gasteiger partial charge in [-0.25, -0.2) is 4.98 Å². The minimum Gasteiger partial charge on any atom is -0.324 e. The van der Waals surface area contributed by atoms with Gasteiger partial charge in [0.05, 0.1) is 21.5 Å². The number of pyridine rings is 1. The topological polar surface area (TPSA) is 59.1 Å². The standard InChI is InChI=1S/C21H20N2O2S/c1-13-12-20(22-18-10-6-4-8-16(13)18)26-15(3)21(25)23-19-11-7-5-9-17(19)14(2)24/h4-12,15H,1-3H3,(H,23,25). The molecule has 4 nitrogen and oxygen atoms in total. The van der Waals surface area contributed by atoms with Crippen LogP contribution in [-0.2, 0) is 4.79 Å². The van der Waals surface area contributed by atoms with Crippen LogP contribution in [0.5, 0.6) is 0 Å². The lowest BCUT2D eigenvalue weighted by Crippen LogP contribution is -2.23. The van der Waals surface area contributed by atoms with Crippen molar-refractivity contribution in [1.82, 2.24) is 4.98 Å². The fourth-order valence-electron chi connectivity index (χ4n) is 2.75. The fourth-order valence-corrected chi connectivity index (χ4v) is 3.67. The van der Waals surface area contributed by atoms with Crippen LogP contribution >= 0.6 is 11.8 Å². The maximum atomic E-state index is 12.6. The molecule has 1 amide bonds. The molecule has 0 saturated heterocycles. The molecule has 5 heteroatoms. The minimum atomic E-state index is -0.344. The molecule has 0 aliphatic rings. The molecule has 0 bridgehead atoms. The molecule has 1 heterocycles. The van der Waals surface area contributed by atoms with E-state index in [0.29, 0.717) is 11.3 Å². The van der Waals surface area contributed by atoms with Crippen LogP contribution in [0.1, 0.15) is 29.8 Å². The number of carbonyl (C=O) groups is 2. The average Bonchev–Trinajstić information content (AvgIpc) is 2.62. The zero-order chi connectivity index (χ0) is 18.7. The van der Waals surface area contributed by atoms with Gasteiger partial charge in [0.1, 0.15) is 0 Å². The highest BCUT2D eigenvalue weighted by Gasteiger charge is 2.18. The van der Waals surface area contributed by atoms with E-state index in [1.165, 1.54) is 18.7 Å². The molecule has 3 rings (SSSR count). The van der Waals surface area contributed by atoms with Crippen molar-refractivity contribution < 1.29 is 9.59 Å². The first-order valence-corrected chi connectivity index (χ1v) is 9.27. The summed E-state index contributed by atoms with van der Waals surface area (Å²) in [6.45, 7) is 5.37. The van der Waals surface area contributed by atoms with Crippen LogP contribution in [-0.4, -0.2) is 21.9 Å². The summed E-state index contributed by atoms with van der Waals surface area (Å²) in [5.74, 6) is -0.232. The largest absolute Gasteiger partial charge is 0.324 e. The normalized spacial score (nSPS) is 12.0. The Morgan fingerprint density at radius 1 is 1.08 bits per heavy atom. The van der Waals surface area contributed by atoms with Crippen LogP contribution in [0.4, 0.5) is 5.69 Å². The zero-order valence-electron chi connectivity index (χ0n) is 14.9. The zero-order valence-corrected chi connectivity index (χ0v) is 15.8. The second kappa shape index (κ2) is 7.70. The first-order chi connectivity index (χ1) is 12.5. The van der Waals surface area contributed by atoms with E-state index < -0.39 is 0 Å². The summed E-state index contributed by atoms with van der Waals surface area (Å²) in [6.07, 6.45) is 0. The number of hydrogen-bond acceptors (Lipinski definition) is 4. The maximum absolute atomic E-state index is 12.6. The third kappa shape index (κ3) is 3.94. The summed E-state index contributed by atoms with van der Waals surface area (Å²) >= 11 is 1.41. The molecule has 132 valence electrons. The number of anilines is 1. The number of aromatic nitrogens is 1. The molecule has 1 aromatic heterocycles. The lowest BCUT2D eigenvalue weighted by Gasteiger charge is -2.14. The van der Waals surface area contributed by atoms with E-state index >= 15 is 0 Å². The second-order valence-electron chi connectivity index (χ2n) is 6.15. The number of para-hydroxylation sites is 2. The van der Waals surface area contributed by atoms with Crippen molar-refractivity contribution in [3.05, 3.63) is 65.7 Å². The molecule has 0 radical (unpaired) electrons. The SMILES string of the molecule is CC(=O)c1ccccc1NC(=O)C(C)Sc1cc(C)c2ccccc2n1. The van der Waals surface area contributed by atoms with E-state index in [4.69, 9.17) is 0 Å². The Bertz CT molecular complexity index is 985. The molecule has 26 heavy (non-hydrogen) atoms. The number of nitrogens with zero attached hydrogens (tertiary/aromatic N) is 1. The van der Waals surface area contributed by atoms with Crippen LogP contribution in [0.25, 0.3) is 10.9 Å². The number of fused-ring (bicyclic) bond motifs is 1. The smallest absolute Gasteiger partial charge is 0.237 e. The molecule has 0 fully saturated rings. The van der Waals surface area contributed by atoms with Gasteiger partial charge in [0.15, 0.2) is 5.78 Å². The molecule has 1 unspecified atom stereocenters. The van der Waals surface area contributed by atoms with Gasteiger partial charge >= 0.3 is 0 Å². The van der Waals surface area contributed by atoms with E-state index in [9.17, 15) is 9.59 Å². The summed E-state index contributed by atoms with van der Waals surface area (Å²) in [6, 6.07) is 17.0. The van der Waals surface area contributed by atoms with Gasteiger partial charge in [0.2, 0.25) is 5.91 Å². The van der Waals surface area contributed by atoms with Gasteiger partial charge in [0, 0.05) is 10.9 Å². The third-order valence-electron chi connectivity index (χ3n) is 4.13. The Morgan fingerprint density at radius 3 is 2.54 bits per heavy atom. The number of Topliss-reactive ketones (excluding diaryl/α,β-unsaturated/α-hetero) is 1. The second-order valence-corrected chi connectivity index (χ2v) is 7.51. The van der Waals surface area contributed by atoms with Crippen molar-refractivity contribution in [3.8, 4) is 0 Å². The van der Waals surface area contributed by atoms with Crippen molar-refractivity contribution in [2.45, 2.75) is 31.0 Å². The first-order valence-electron chi connectivity index (χ1n) is 8.39. The molecule has 0 spiro atoms. The van der Waals surface area contributed by atoms with E-state index in [1.807, 2.05) is 44.2 Å². The van der Waals surface area contributed by atoms with Crippen LogP contribution in [0.3, 0.4) is 0 Å². The van der Waals surface area contributed by atoms with E-state index in [-0.39, 0.29) is 16.9 Å². The number of amides is 1. The minimum absolute atomic E-state index is 0.0759. The van der Waals surface area contributed by atoms with Crippen LogP contribution < -0.4 is 5.32 Å². The molecule has 0 aliphatic carbocycles. The molecular formula is C21H20N2O2S. The average molecular weight is 364 g/mol. The number of ketones is 1. The Morgan fingerprint density at radius 2 is 1.77 bits per heavy atom. The van der Waals surface area contributed by atoms with Crippen molar-refractivity contribution in [2.24, 2.45) is 0 Å². The Hall–Kier alpha value is -2.66. The van der Waals surface area contributed by atoms with Crippen molar-refractivity contribution in [3.63, 3.8) is 0 Å². The van der Waals surface area contributed by atoms with E-state index in [1.54, 1.807) is 24.3 Å². The summed E-state index contributed by atoms with van der Waals surface area (Å²) in [5, 5.41) is 4.44. The molecule has 0 saturated carbocycles. The summed E-state index contributed by atoms with van der Waals surface area (Å²) in [5.41, 5.74) is 3.11. The highest BCUT2D eigenvalue weighted by molar-refractivity contribution is 8.00. The highest BCUT2D eigenvalue weighted by atomic mass is 32.2. The van der Waals surface area contributed by atoms with Gasteiger partial charge in [-0.05, 0) is 50.6 Å². The Kier molecular flexibility index (Phi) is 5.38. The van der Waals surface area contributed by atoms with Gasteiger partial charge in [0.25, 0.3) is 0 Å². The van der Waals surface area contributed by atoms with Crippen molar-refractivity contribution in [2.75, 3.05) is 5.32 Å². The predicted octanol–water partition coefficient (Wildman–Crippen LogP) is 4.87. The molecular weight excluding hydrogens is 344 g/mol. The van der Waals surface area contributed by atoms with Gasteiger partial charge < -0.3 is 5.32 Å². The number of nitrogens with one attached hydrogen (secondary N) is 1. The number of rotatable bonds is 5. The Balaban J connectivity index is 1.77. The van der Waals surface area contributed by atoms with Crippen LogP contribution in [0, 0.1) is 6.92 Å². The maximum Gasteiger partial charge on any atom is 0.237 e. The molecule has 2 aromatic carbocycles. The number of aryl methyl sites for hydroxylation is 1. The monoisotopic (exact) mass is 364 g/mol. The van der Waals surface area contributed by atoms with E-state index in [2.05, 4.69) is 10.3 Å². The van der Waals surface area contributed by atoms with Gasteiger partial charge in [-0.1, -0.05) is 42.1 Å². The number of benzene rings is 2. The predicted molar refractivity (Wildman–Crippen MR) is 107 cm³/mol. The quantitative estimate of drug-likeness (QED) is 0.518. The highest BCUT2D eigenvalue weighted by Crippen LogP contribution is 2.27. The van der Waals surface area contributed by atoms with Crippen LogP contribution in [0.2, 0.25) is 0 Å². The van der Waals surface area contributed by atoms with Gasteiger partial charge in [-0.2, -0.15) is 0 Å². The number of carbonyl (C=O) groups excluding carboxylic acids is 2. The van der Waals surface area contributed by atoms with E-state index in [0.717, 1.165) is 21.5 Å². The van der Waals surface area contributed by atoms with Gasteiger partial charge in [-0.15, -0.1) is 0 Å². The molecule has 1 N–H and O–H groups in total. The summed E-state index contributed by atoms with van der Waals surface area (Å²) in [4.78, 5) is 28.9. The molecule has 1 atom stereocenters. The van der Waals surface area contributed by atoms with Crippen LogP contribution in [0.15, 0.2) is 59.6 Å². The summed E-state index contributed by atoms with van der Waals surface area (Å²) in [7, 11) is 0. The fraction of sp³-hybridized carbons (Fsp3) is 0.190. The van der Waals surface area contributed by atoms with Crippen molar-refractivity contribution >= 4 is 40.0 Å². The molecule has 0 aliphatic heterocycles. The van der Waals surface area contributed by atoms with Crippen molar-refractivity contribution in [1.29, 1.82) is 0 Å². The number of hydrogen-bond donors (Lipinski definition) is 1. The lowest BCUT2D eigenvalue weighted by atomic mass is 10.1. The van der Waals surface area contributed by atoms with Gasteiger partial charge in [-0.3, -0.25) is 9.59 Å². The molecule has 3 aromatic rings. The number of thioether (sulfide) groups is 1. The third-order valence-corrected chi connectivity index (χ3v) is 5.15. The first kappa shape index (κ1) is 18.1. The lowest BCUT2D eigenvalue weighted by molar-refractivity contribution is -0.115. The summed E-state index contributed by atoms with van der Waals surface area (Å²) < 4.78 is 0. The Labute approximate surface area is 157 Å².